The molecule has 0 saturated carbocycles. The second-order valence-corrected chi connectivity index (χ2v) is 8.97. The van der Waals surface area contributed by atoms with E-state index >= 15 is 0 Å². The maximum atomic E-state index is 12.1. The predicted octanol–water partition coefficient (Wildman–Crippen LogP) is 3.66. The zero-order valence-electron chi connectivity index (χ0n) is 18.5. The van der Waals surface area contributed by atoms with Gasteiger partial charge in [-0.1, -0.05) is 17.8 Å². The first kappa shape index (κ1) is 23.6. The zero-order valence-corrected chi connectivity index (χ0v) is 19.3. The summed E-state index contributed by atoms with van der Waals surface area (Å²) in [5.74, 6) is 1.17. The Morgan fingerprint density at radius 3 is 2.76 bits per heavy atom. The molecule has 2 amide bonds. The summed E-state index contributed by atoms with van der Waals surface area (Å²) in [5, 5.41) is 14.4. The number of rotatable bonds is 9. The van der Waals surface area contributed by atoms with Gasteiger partial charge in [-0.2, -0.15) is 0 Å². The largest absolute Gasteiger partial charge is 0.486 e. The lowest BCUT2D eigenvalue weighted by Crippen LogP contribution is -2.29. The number of amides is 2. The minimum atomic E-state index is -0.433. The summed E-state index contributed by atoms with van der Waals surface area (Å²) in [6, 6.07) is 10.3. The molecule has 0 bridgehead atoms. The first-order valence-electron chi connectivity index (χ1n) is 11.1. The van der Waals surface area contributed by atoms with Crippen LogP contribution in [0, 0.1) is 10.1 Å². The van der Waals surface area contributed by atoms with Gasteiger partial charge < -0.3 is 19.7 Å². The average Bonchev–Trinajstić information content (AvgIpc) is 3.25. The average molecular weight is 484 g/mol. The molecule has 0 radical (unpaired) electrons. The van der Waals surface area contributed by atoms with Crippen molar-refractivity contribution in [2.45, 2.75) is 29.1 Å². The van der Waals surface area contributed by atoms with Gasteiger partial charge in [0.1, 0.15) is 13.2 Å². The molecule has 2 aromatic rings. The maximum Gasteiger partial charge on any atom is 0.283 e. The van der Waals surface area contributed by atoms with Gasteiger partial charge in [-0.3, -0.25) is 19.7 Å². The second kappa shape index (κ2) is 11.1. The van der Waals surface area contributed by atoms with Crippen LogP contribution in [-0.4, -0.2) is 54.5 Å². The number of hydrogen-bond acceptors (Lipinski definition) is 7. The fourth-order valence-electron chi connectivity index (χ4n) is 3.73. The minimum absolute atomic E-state index is 0.0438. The van der Waals surface area contributed by atoms with Gasteiger partial charge in [0.2, 0.25) is 11.8 Å². The summed E-state index contributed by atoms with van der Waals surface area (Å²) in [7, 11) is 0. The van der Waals surface area contributed by atoms with Crippen molar-refractivity contribution < 1.29 is 24.0 Å². The standard InChI is InChI=1S/C24H25N3O6S/c28-23(25-10-2-12-26-11-1-3-24(26)29)9-5-17-4-8-22(19(15-17)27(30)31)34-18-6-7-20-21(16-18)33-14-13-32-20/h4-9,15-16H,1-3,10-14H2,(H,25,28)/b9-5+. The van der Waals surface area contributed by atoms with E-state index in [0.29, 0.717) is 61.1 Å². The van der Waals surface area contributed by atoms with E-state index in [-0.39, 0.29) is 17.5 Å². The third kappa shape index (κ3) is 6.07. The van der Waals surface area contributed by atoms with E-state index in [4.69, 9.17) is 9.47 Å². The van der Waals surface area contributed by atoms with E-state index < -0.39 is 4.92 Å². The van der Waals surface area contributed by atoms with Crippen LogP contribution in [0.15, 0.2) is 52.3 Å². The van der Waals surface area contributed by atoms with Gasteiger partial charge in [0.05, 0.1) is 9.82 Å². The highest BCUT2D eigenvalue weighted by atomic mass is 32.2. The highest BCUT2D eigenvalue weighted by Gasteiger charge is 2.19. The molecule has 0 atom stereocenters. The summed E-state index contributed by atoms with van der Waals surface area (Å²) >= 11 is 1.26. The van der Waals surface area contributed by atoms with Crippen LogP contribution < -0.4 is 14.8 Å². The van der Waals surface area contributed by atoms with Crippen LogP contribution in [0.4, 0.5) is 5.69 Å². The van der Waals surface area contributed by atoms with Crippen molar-refractivity contribution in [3.63, 3.8) is 0 Å². The van der Waals surface area contributed by atoms with Crippen molar-refractivity contribution in [2.75, 3.05) is 32.8 Å². The Morgan fingerprint density at radius 2 is 2.00 bits per heavy atom. The third-order valence-electron chi connectivity index (χ3n) is 5.42. The van der Waals surface area contributed by atoms with E-state index in [9.17, 15) is 19.7 Å². The molecule has 2 heterocycles. The Kier molecular flexibility index (Phi) is 7.69. The van der Waals surface area contributed by atoms with Gasteiger partial charge >= 0.3 is 0 Å². The first-order chi connectivity index (χ1) is 16.5. The molecule has 0 unspecified atom stereocenters. The van der Waals surface area contributed by atoms with Crippen LogP contribution in [0.5, 0.6) is 11.5 Å². The molecule has 0 aliphatic carbocycles. The Hall–Kier alpha value is -3.53. The van der Waals surface area contributed by atoms with Crippen molar-refractivity contribution >= 4 is 35.3 Å². The number of fused-ring (bicyclic) bond motifs is 1. The first-order valence-corrected chi connectivity index (χ1v) is 11.9. The topological polar surface area (TPSA) is 111 Å². The molecule has 1 N–H and O–H groups in total. The van der Waals surface area contributed by atoms with E-state index in [1.807, 2.05) is 11.0 Å². The monoisotopic (exact) mass is 483 g/mol. The van der Waals surface area contributed by atoms with E-state index in [1.54, 1.807) is 30.3 Å². The summed E-state index contributed by atoms with van der Waals surface area (Å²) in [5.41, 5.74) is 0.508. The summed E-state index contributed by atoms with van der Waals surface area (Å²) in [6.45, 7) is 2.84. The molecule has 4 rings (SSSR count). The molecule has 2 aliphatic heterocycles. The molecule has 2 aliphatic rings. The fourth-order valence-corrected chi connectivity index (χ4v) is 4.66. The number of hydrogen-bond donors (Lipinski definition) is 1. The molecule has 0 spiro atoms. The number of carbonyl (C=O) groups is 2. The smallest absolute Gasteiger partial charge is 0.283 e. The van der Waals surface area contributed by atoms with Gasteiger partial charge in [-0.25, -0.2) is 0 Å². The van der Waals surface area contributed by atoms with E-state index in [2.05, 4.69) is 5.32 Å². The highest BCUT2D eigenvalue weighted by molar-refractivity contribution is 7.99. The zero-order chi connectivity index (χ0) is 23.9. The molecule has 9 nitrogen and oxygen atoms in total. The highest BCUT2D eigenvalue weighted by Crippen LogP contribution is 2.40. The number of nitrogens with zero attached hydrogens (tertiary/aromatic N) is 2. The molecule has 2 aromatic carbocycles. The van der Waals surface area contributed by atoms with Gasteiger partial charge in [0, 0.05) is 43.1 Å². The lowest BCUT2D eigenvalue weighted by atomic mass is 10.2. The quantitative estimate of drug-likeness (QED) is 0.251. The van der Waals surface area contributed by atoms with Crippen LogP contribution in [0.1, 0.15) is 24.8 Å². The van der Waals surface area contributed by atoms with Crippen molar-refractivity contribution in [1.82, 2.24) is 10.2 Å². The SMILES string of the molecule is O=C(/C=C/c1ccc(Sc2ccc3c(c2)OCCO3)c([N+](=O)[O-])c1)NCCCN1CCCC1=O. The molecular weight excluding hydrogens is 458 g/mol. The van der Waals surface area contributed by atoms with Crippen LogP contribution in [0.3, 0.4) is 0 Å². The number of ether oxygens (including phenoxy) is 2. The number of nitro benzene ring substituents is 1. The van der Waals surface area contributed by atoms with Crippen molar-refractivity contribution in [3.8, 4) is 11.5 Å². The van der Waals surface area contributed by atoms with Crippen LogP contribution in [0.2, 0.25) is 0 Å². The fraction of sp³-hybridized carbons (Fsp3) is 0.333. The molecule has 0 aromatic heterocycles. The molecule has 1 saturated heterocycles. The third-order valence-corrected chi connectivity index (χ3v) is 6.48. The summed E-state index contributed by atoms with van der Waals surface area (Å²) < 4.78 is 11.1. The van der Waals surface area contributed by atoms with Crippen LogP contribution >= 0.6 is 11.8 Å². The molecule has 178 valence electrons. The van der Waals surface area contributed by atoms with Gasteiger partial charge in [-0.15, -0.1) is 0 Å². The lowest BCUT2D eigenvalue weighted by molar-refractivity contribution is -0.387. The van der Waals surface area contributed by atoms with Crippen molar-refractivity contribution in [1.29, 1.82) is 0 Å². The molecule has 10 heteroatoms. The Morgan fingerprint density at radius 1 is 1.18 bits per heavy atom. The molecule has 34 heavy (non-hydrogen) atoms. The van der Waals surface area contributed by atoms with Gasteiger partial charge in [0.25, 0.3) is 5.69 Å². The Bertz CT molecular complexity index is 1120. The number of likely N-dealkylation sites (tertiary alicyclic amines) is 1. The molecule has 1 fully saturated rings. The Balaban J connectivity index is 1.34. The predicted molar refractivity (Wildman–Crippen MR) is 127 cm³/mol. The number of nitrogens with one attached hydrogen (secondary N) is 1. The normalized spacial score (nSPS) is 15.1. The Labute approximate surface area is 201 Å². The second-order valence-electron chi connectivity index (χ2n) is 7.85. The molecular formula is C24H25N3O6S. The van der Waals surface area contributed by atoms with E-state index in [0.717, 1.165) is 17.9 Å². The maximum absolute atomic E-state index is 12.1. The summed E-state index contributed by atoms with van der Waals surface area (Å²) in [6.07, 6.45) is 5.09. The lowest BCUT2D eigenvalue weighted by Gasteiger charge is -2.18. The summed E-state index contributed by atoms with van der Waals surface area (Å²) in [4.78, 5) is 38.0. The minimum Gasteiger partial charge on any atom is -0.486 e. The number of nitro groups is 1. The van der Waals surface area contributed by atoms with E-state index in [1.165, 1.54) is 23.9 Å². The van der Waals surface area contributed by atoms with Crippen molar-refractivity contribution in [2.24, 2.45) is 0 Å². The number of benzene rings is 2. The van der Waals surface area contributed by atoms with Crippen LogP contribution in [0.25, 0.3) is 6.08 Å². The van der Waals surface area contributed by atoms with Gasteiger partial charge in [-0.05, 0) is 48.7 Å². The van der Waals surface area contributed by atoms with Crippen molar-refractivity contribution in [3.05, 3.63) is 58.2 Å². The van der Waals surface area contributed by atoms with Gasteiger partial charge in [0.15, 0.2) is 11.5 Å². The number of carbonyl (C=O) groups excluding carboxylic acids is 2. The van der Waals surface area contributed by atoms with Crippen LogP contribution in [-0.2, 0) is 9.59 Å².